The van der Waals surface area contributed by atoms with Gasteiger partial charge in [0, 0.05) is 34.1 Å². The van der Waals surface area contributed by atoms with E-state index >= 15 is 0 Å². The van der Waals surface area contributed by atoms with Crippen LogP contribution in [0.15, 0.2) is 44.4 Å². The van der Waals surface area contributed by atoms with E-state index in [0.29, 0.717) is 17.7 Å². The molecular formula is C20H22BrN3O3S. The molecule has 0 radical (unpaired) electrons. The molecule has 1 atom stereocenters. The van der Waals surface area contributed by atoms with Crippen molar-refractivity contribution in [3.05, 3.63) is 51.8 Å². The largest absolute Gasteiger partial charge is 0.411 e. The maximum atomic E-state index is 12.7. The predicted octanol–water partition coefficient (Wildman–Crippen LogP) is 5.10. The molecule has 6 nitrogen and oxygen atoms in total. The van der Waals surface area contributed by atoms with Crippen LogP contribution >= 0.6 is 27.7 Å². The van der Waals surface area contributed by atoms with Crippen molar-refractivity contribution in [1.29, 1.82) is 0 Å². The first kappa shape index (κ1) is 20.8. The van der Waals surface area contributed by atoms with E-state index in [0.717, 1.165) is 27.0 Å². The number of rotatable bonds is 8. The van der Waals surface area contributed by atoms with Crippen molar-refractivity contribution in [3.8, 4) is 11.5 Å². The number of thioether (sulfide) groups is 1. The van der Waals surface area contributed by atoms with E-state index in [-0.39, 0.29) is 17.6 Å². The van der Waals surface area contributed by atoms with Crippen molar-refractivity contribution in [2.45, 2.75) is 32.0 Å². The Morgan fingerprint density at radius 3 is 2.82 bits per heavy atom. The quantitative estimate of drug-likeness (QED) is 0.341. The second kappa shape index (κ2) is 9.07. The van der Waals surface area contributed by atoms with Crippen molar-refractivity contribution in [3.63, 3.8) is 0 Å². The average Bonchev–Trinajstić information content (AvgIpc) is 3.24. The van der Waals surface area contributed by atoms with Crippen LogP contribution in [0.1, 0.15) is 34.7 Å². The standard InChI is InChI=1S/C20H22BrN3O3S/c1-12-8-17(14(3)24(12)13(2)10-26-4)18(25)11-28-20-23-22-19(27-20)15-6-5-7-16(21)9-15/h5-9,13H,10-11H2,1-4H3/t13-/m0/s1. The molecule has 8 heteroatoms. The zero-order valence-corrected chi connectivity index (χ0v) is 18.6. The summed E-state index contributed by atoms with van der Waals surface area (Å²) < 4.78 is 14.0. The number of aryl methyl sites for hydroxylation is 1. The first-order valence-electron chi connectivity index (χ1n) is 8.83. The first-order chi connectivity index (χ1) is 13.4. The lowest BCUT2D eigenvalue weighted by molar-refractivity contribution is 0.102. The number of methoxy groups -OCH3 is 1. The highest BCUT2D eigenvalue weighted by Gasteiger charge is 2.20. The molecule has 0 N–H and O–H groups in total. The van der Waals surface area contributed by atoms with Crippen LogP contribution in [0.2, 0.25) is 0 Å². The zero-order valence-electron chi connectivity index (χ0n) is 16.2. The van der Waals surface area contributed by atoms with Gasteiger partial charge in [-0.1, -0.05) is 33.8 Å². The van der Waals surface area contributed by atoms with Gasteiger partial charge in [0.15, 0.2) is 5.78 Å². The molecule has 0 aliphatic carbocycles. The summed E-state index contributed by atoms with van der Waals surface area (Å²) in [6, 6.07) is 9.74. The minimum absolute atomic E-state index is 0.0381. The molecule has 0 saturated carbocycles. The Hall–Kier alpha value is -1.90. The van der Waals surface area contributed by atoms with E-state index in [1.54, 1.807) is 7.11 Å². The number of halogens is 1. The summed E-state index contributed by atoms with van der Waals surface area (Å²) in [6.07, 6.45) is 0. The minimum atomic E-state index is 0.0381. The molecule has 0 bridgehead atoms. The van der Waals surface area contributed by atoms with E-state index in [2.05, 4.69) is 37.6 Å². The number of carbonyl (C=O) groups excluding carboxylic acids is 1. The lowest BCUT2D eigenvalue weighted by Gasteiger charge is -2.17. The second-order valence-electron chi connectivity index (χ2n) is 6.55. The van der Waals surface area contributed by atoms with Crippen LogP contribution in [0, 0.1) is 13.8 Å². The molecule has 1 aromatic carbocycles. The van der Waals surface area contributed by atoms with E-state index in [4.69, 9.17) is 9.15 Å². The van der Waals surface area contributed by atoms with Crippen LogP contribution in [-0.4, -0.2) is 40.0 Å². The number of nitrogens with zero attached hydrogens (tertiary/aromatic N) is 3. The highest BCUT2D eigenvalue weighted by Crippen LogP contribution is 2.27. The Morgan fingerprint density at radius 1 is 1.32 bits per heavy atom. The van der Waals surface area contributed by atoms with Crippen LogP contribution < -0.4 is 0 Å². The molecule has 0 saturated heterocycles. The molecule has 0 aliphatic heterocycles. The topological polar surface area (TPSA) is 70.2 Å². The van der Waals surface area contributed by atoms with Gasteiger partial charge in [0.1, 0.15) is 0 Å². The first-order valence-corrected chi connectivity index (χ1v) is 10.6. The molecule has 148 valence electrons. The number of benzene rings is 1. The Bertz CT molecular complexity index is 983. The third-order valence-electron chi connectivity index (χ3n) is 4.44. The summed E-state index contributed by atoms with van der Waals surface area (Å²) in [4.78, 5) is 12.7. The van der Waals surface area contributed by atoms with Crippen molar-refractivity contribution < 1.29 is 13.9 Å². The van der Waals surface area contributed by atoms with Crippen LogP contribution in [0.5, 0.6) is 0 Å². The second-order valence-corrected chi connectivity index (χ2v) is 8.40. The van der Waals surface area contributed by atoms with Crippen LogP contribution in [-0.2, 0) is 4.74 Å². The third kappa shape index (κ3) is 4.56. The summed E-state index contributed by atoms with van der Waals surface area (Å²) in [6.45, 7) is 6.65. The molecule has 2 heterocycles. The summed E-state index contributed by atoms with van der Waals surface area (Å²) >= 11 is 4.68. The Kier molecular flexibility index (Phi) is 6.74. The van der Waals surface area contributed by atoms with Crippen molar-refractivity contribution in [2.24, 2.45) is 0 Å². The lowest BCUT2D eigenvalue weighted by Crippen LogP contribution is -2.14. The summed E-state index contributed by atoms with van der Waals surface area (Å²) in [5.41, 5.74) is 3.55. The third-order valence-corrected chi connectivity index (χ3v) is 5.75. The van der Waals surface area contributed by atoms with Crippen LogP contribution in [0.4, 0.5) is 0 Å². The summed E-state index contributed by atoms with van der Waals surface area (Å²) in [5.74, 6) is 0.710. The smallest absolute Gasteiger partial charge is 0.277 e. The molecule has 3 rings (SSSR count). The van der Waals surface area contributed by atoms with Gasteiger partial charge in [-0.05, 0) is 45.0 Å². The number of carbonyl (C=O) groups is 1. The molecule has 3 aromatic rings. The monoisotopic (exact) mass is 463 g/mol. The van der Waals surface area contributed by atoms with E-state index < -0.39 is 0 Å². The summed E-state index contributed by atoms with van der Waals surface area (Å²) in [5, 5.41) is 8.49. The van der Waals surface area contributed by atoms with Gasteiger partial charge in [-0.2, -0.15) is 0 Å². The maximum Gasteiger partial charge on any atom is 0.277 e. The molecule has 0 fully saturated rings. The van der Waals surface area contributed by atoms with Gasteiger partial charge < -0.3 is 13.7 Å². The highest BCUT2D eigenvalue weighted by molar-refractivity contribution is 9.10. The lowest BCUT2D eigenvalue weighted by atomic mass is 10.2. The molecule has 0 unspecified atom stereocenters. The Labute approximate surface area is 176 Å². The summed E-state index contributed by atoms with van der Waals surface area (Å²) in [7, 11) is 1.68. The fraction of sp³-hybridized carbons (Fsp3) is 0.350. The fourth-order valence-electron chi connectivity index (χ4n) is 3.26. The van der Waals surface area contributed by atoms with Crippen molar-refractivity contribution in [1.82, 2.24) is 14.8 Å². The number of ether oxygens (including phenoxy) is 1. The normalized spacial score (nSPS) is 12.3. The predicted molar refractivity (Wildman–Crippen MR) is 113 cm³/mol. The van der Waals surface area contributed by atoms with Crippen molar-refractivity contribution in [2.75, 3.05) is 19.5 Å². The molecule has 0 spiro atoms. The highest BCUT2D eigenvalue weighted by atomic mass is 79.9. The fourth-order valence-corrected chi connectivity index (χ4v) is 4.31. The van der Waals surface area contributed by atoms with Crippen LogP contribution in [0.3, 0.4) is 0 Å². The molecule has 0 aliphatic rings. The maximum absolute atomic E-state index is 12.7. The number of Topliss-reactive ketones (excluding diaryl/α,β-unsaturated/α-hetero) is 1. The number of hydrogen-bond acceptors (Lipinski definition) is 6. The molecule has 28 heavy (non-hydrogen) atoms. The number of aromatic nitrogens is 3. The van der Waals surface area contributed by atoms with Gasteiger partial charge in [0.05, 0.1) is 18.4 Å². The minimum Gasteiger partial charge on any atom is -0.411 e. The van der Waals surface area contributed by atoms with Gasteiger partial charge in [-0.3, -0.25) is 4.79 Å². The van der Waals surface area contributed by atoms with Gasteiger partial charge >= 0.3 is 0 Å². The molecule has 0 amide bonds. The van der Waals surface area contributed by atoms with Gasteiger partial charge in [0.2, 0.25) is 5.89 Å². The zero-order chi connectivity index (χ0) is 20.3. The molecular weight excluding hydrogens is 442 g/mol. The van der Waals surface area contributed by atoms with Crippen LogP contribution in [0.25, 0.3) is 11.5 Å². The van der Waals surface area contributed by atoms with Gasteiger partial charge in [-0.25, -0.2) is 0 Å². The van der Waals surface area contributed by atoms with Gasteiger partial charge in [-0.15, -0.1) is 10.2 Å². The van der Waals surface area contributed by atoms with E-state index in [1.807, 2.05) is 44.2 Å². The number of ketones is 1. The average molecular weight is 464 g/mol. The Balaban J connectivity index is 1.69. The number of hydrogen-bond donors (Lipinski definition) is 0. The van der Waals surface area contributed by atoms with Gasteiger partial charge in [0.25, 0.3) is 5.22 Å². The van der Waals surface area contributed by atoms with E-state index in [9.17, 15) is 4.79 Å². The van der Waals surface area contributed by atoms with Crippen molar-refractivity contribution >= 4 is 33.5 Å². The van der Waals surface area contributed by atoms with E-state index in [1.165, 1.54) is 11.8 Å². The SMILES string of the molecule is COC[C@H](C)n1c(C)cc(C(=O)CSc2nnc(-c3cccc(Br)c3)o2)c1C. The Morgan fingerprint density at radius 2 is 2.11 bits per heavy atom. The molecule has 2 aromatic heterocycles.